The molecule has 0 aromatic carbocycles. The summed E-state index contributed by atoms with van der Waals surface area (Å²) >= 11 is 0. The maximum atomic E-state index is 6.05. The molecule has 0 fully saturated rings. The van der Waals surface area contributed by atoms with E-state index in [0.717, 1.165) is 44.5 Å². The maximum absolute atomic E-state index is 6.05. The van der Waals surface area contributed by atoms with Crippen molar-refractivity contribution >= 4 is 27.6 Å². The van der Waals surface area contributed by atoms with Crippen LogP contribution >= 0.6 is 0 Å². The van der Waals surface area contributed by atoms with Crippen molar-refractivity contribution in [3.8, 4) is 11.3 Å². The summed E-state index contributed by atoms with van der Waals surface area (Å²) in [6.45, 7) is 4.03. The zero-order valence-electron chi connectivity index (χ0n) is 12.4. The SMILES string of the molecule is Cc1ccc2c(-c3nccc4c(N)[nH+]ccc34)c(C)[nH]c2n1. The van der Waals surface area contributed by atoms with E-state index >= 15 is 0 Å². The summed E-state index contributed by atoms with van der Waals surface area (Å²) in [4.78, 5) is 15.6. The summed E-state index contributed by atoms with van der Waals surface area (Å²) in [5.74, 6) is 0.646. The number of nitrogen functional groups attached to an aromatic ring is 1. The van der Waals surface area contributed by atoms with Gasteiger partial charge >= 0.3 is 0 Å². The highest BCUT2D eigenvalue weighted by atomic mass is 14.9. The molecule has 0 aliphatic heterocycles. The number of fused-ring (bicyclic) bond motifs is 2. The van der Waals surface area contributed by atoms with Crippen molar-refractivity contribution in [2.75, 3.05) is 5.73 Å². The van der Waals surface area contributed by atoms with E-state index in [1.807, 2.05) is 38.2 Å². The van der Waals surface area contributed by atoms with Crippen molar-refractivity contribution in [1.29, 1.82) is 0 Å². The highest BCUT2D eigenvalue weighted by Crippen LogP contribution is 2.34. The molecule has 5 heteroatoms. The smallest absolute Gasteiger partial charge is 0.278 e. The number of nitrogens with one attached hydrogen (secondary N) is 2. The average Bonchev–Trinajstić information content (AvgIpc) is 2.82. The van der Waals surface area contributed by atoms with Gasteiger partial charge in [0.25, 0.3) is 5.82 Å². The molecule has 4 aromatic rings. The van der Waals surface area contributed by atoms with Gasteiger partial charge in [-0.15, -0.1) is 0 Å². The monoisotopic (exact) mass is 290 g/mol. The predicted octanol–water partition coefficient (Wildman–Crippen LogP) is 2.79. The average molecular weight is 290 g/mol. The van der Waals surface area contributed by atoms with Crippen molar-refractivity contribution in [2.45, 2.75) is 13.8 Å². The maximum Gasteiger partial charge on any atom is 0.278 e. The van der Waals surface area contributed by atoms with E-state index in [-0.39, 0.29) is 0 Å². The summed E-state index contributed by atoms with van der Waals surface area (Å²) in [5, 5.41) is 3.08. The molecule has 0 radical (unpaired) electrons. The molecular formula is C17H16N5+. The van der Waals surface area contributed by atoms with Crippen LogP contribution in [-0.4, -0.2) is 15.0 Å². The van der Waals surface area contributed by atoms with Crippen molar-refractivity contribution in [1.82, 2.24) is 15.0 Å². The second-order valence-corrected chi connectivity index (χ2v) is 5.49. The first-order valence-corrected chi connectivity index (χ1v) is 7.16. The van der Waals surface area contributed by atoms with Crippen LogP contribution in [0.25, 0.3) is 33.1 Å². The number of aryl methyl sites for hydroxylation is 2. The fourth-order valence-electron chi connectivity index (χ4n) is 2.97. The molecule has 0 amide bonds. The minimum atomic E-state index is 0.646. The van der Waals surface area contributed by atoms with Crippen LogP contribution in [0.2, 0.25) is 0 Å². The number of rotatable bonds is 1. The third kappa shape index (κ3) is 1.75. The zero-order chi connectivity index (χ0) is 15.3. The van der Waals surface area contributed by atoms with Crippen LogP contribution in [-0.2, 0) is 0 Å². The van der Waals surface area contributed by atoms with E-state index in [1.54, 1.807) is 6.20 Å². The Balaban J connectivity index is 2.12. The molecule has 0 unspecified atom stereocenters. The first-order valence-electron chi connectivity index (χ1n) is 7.16. The predicted molar refractivity (Wildman–Crippen MR) is 87.3 cm³/mol. The second kappa shape index (κ2) is 4.53. The summed E-state index contributed by atoms with van der Waals surface area (Å²) in [6.07, 6.45) is 3.64. The van der Waals surface area contributed by atoms with Gasteiger partial charge in [-0.05, 0) is 38.1 Å². The number of pyridine rings is 3. The minimum absolute atomic E-state index is 0.646. The summed E-state index contributed by atoms with van der Waals surface area (Å²) < 4.78 is 0. The Labute approximate surface area is 127 Å². The fourth-order valence-corrected chi connectivity index (χ4v) is 2.97. The molecule has 0 aliphatic carbocycles. The summed E-state index contributed by atoms with van der Waals surface area (Å²) in [6, 6.07) is 8.05. The van der Waals surface area contributed by atoms with Crippen LogP contribution in [0.1, 0.15) is 11.4 Å². The van der Waals surface area contributed by atoms with Gasteiger partial charge in [0.05, 0.1) is 17.3 Å². The van der Waals surface area contributed by atoms with Gasteiger partial charge < -0.3 is 4.98 Å². The Morgan fingerprint density at radius 3 is 2.77 bits per heavy atom. The standard InChI is InChI=1S/C17H15N5/c1-9-3-4-13-14(10(2)22-17(13)21-9)15-11-5-8-20-16(18)12(11)6-7-19-15/h3-8H,1-2H3,(H2,18,20)(H,21,22)/p+1. The molecule has 0 saturated heterocycles. The highest BCUT2D eigenvalue weighted by Gasteiger charge is 2.17. The number of anilines is 1. The van der Waals surface area contributed by atoms with E-state index < -0.39 is 0 Å². The molecule has 0 saturated carbocycles. The van der Waals surface area contributed by atoms with Gasteiger partial charge in [0, 0.05) is 33.9 Å². The lowest BCUT2D eigenvalue weighted by molar-refractivity contribution is -0.358. The third-order valence-corrected chi connectivity index (χ3v) is 3.99. The summed E-state index contributed by atoms with van der Waals surface area (Å²) in [5.41, 5.74) is 11.0. The molecule has 22 heavy (non-hydrogen) atoms. The molecular weight excluding hydrogens is 274 g/mol. The Morgan fingerprint density at radius 1 is 1.05 bits per heavy atom. The molecule has 4 N–H and O–H groups in total. The fraction of sp³-hybridized carbons (Fsp3) is 0.118. The second-order valence-electron chi connectivity index (χ2n) is 5.49. The Kier molecular flexibility index (Phi) is 2.63. The highest BCUT2D eigenvalue weighted by molar-refractivity contribution is 6.05. The van der Waals surface area contributed by atoms with E-state index in [0.29, 0.717) is 5.82 Å². The molecule has 0 bridgehead atoms. The van der Waals surface area contributed by atoms with Crippen LogP contribution in [0.3, 0.4) is 0 Å². The van der Waals surface area contributed by atoms with Crippen LogP contribution < -0.4 is 10.7 Å². The largest absolute Gasteiger partial charge is 0.343 e. The quantitative estimate of drug-likeness (QED) is 0.565. The Bertz CT molecular complexity index is 1020. The first-order chi connectivity index (χ1) is 10.6. The number of nitrogens with two attached hydrogens (primary N) is 1. The van der Waals surface area contributed by atoms with Crippen LogP contribution in [0.4, 0.5) is 5.82 Å². The van der Waals surface area contributed by atoms with E-state index in [9.17, 15) is 0 Å². The van der Waals surface area contributed by atoms with Gasteiger partial charge in [0.15, 0.2) is 0 Å². The lowest BCUT2D eigenvalue weighted by atomic mass is 10.0. The Morgan fingerprint density at radius 2 is 1.91 bits per heavy atom. The lowest BCUT2D eigenvalue weighted by Gasteiger charge is -2.05. The molecule has 108 valence electrons. The van der Waals surface area contributed by atoms with E-state index in [1.165, 1.54) is 0 Å². The van der Waals surface area contributed by atoms with Gasteiger partial charge in [0.2, 0.25) is 0 Å². The molecule has 0 atom stereocenters. The third-order valence-electron chi connectivity index (χ3n) is 3.99. The van der Waals surface area contributed by atoms with Crippen molar-refractivity contribution < 1.29 is 4.98 Å². The van der Waals surface area contributed by atoms with Gasteiger partial charge in [-0.3, -0.25) is 10.7 Å². The molecule has 0 aliphatic rings. The summed E-state index contributed by atoms with van der Waals surface area (Å²) in [7, 11) is 0. The number of H-pyrrole nitrogens is 2. The van der Waals surface area contributed by atoms with Gasteiger partial charge in [0.1, 0.15) is 5.65 Å². The van der Waals surface area contributed by atoms with Gasteiger partial charge in [-0.1, -0.05) is 0 Å². The van der Waals surface area contributed by atoms with Crippen LogP contribution in [0, 0.1) is 13.8 Å². The number of hydrogen-bond donors (Lipinski definition) is 2. The molecule has 4 heterocycles. The topological polar surface area (TPSA) is 81.7 Å². The number of aromatic amines is 2. The van der Waals surface area contributed by atoms with Crippen molar-refractivity contribution in [2.24, 2.45) is 0 Å². The van der Waals surface area contributed by atoms with Crippen LogP contribution in [0.15, 0.2) is 36.7 Å². The Hall–Kier alpha value is -2.95. The number of aromatic nitrogens is 4. The molecule has 4 aromatic heterocycles. The number of nitrogens with zero attached hydrogens (tertiary/aromatic N) is 2. The van der Waals surface area contributed by atoms with E-state index in [4.69, 9.17) is 5.73 Å². The van der Waals surface area contributed by atoms with E-state index in [2.05, 4.69) is 26.0 Å². The zero-order valence-corrected chi connectivity index (χ0v) is 12.4. The van der Waals surface area contributed by atoms with Crippen molar-refractivity contribution in [3.05, 3.63) is 48.0 Å². The normalized spacial score (nSPS) is 11.4. The minimum Gasteiger partial charge on any atom is -0.343 e. The van der Waals surface area contributed by atoms with Gasteiger partial charge in [-0.2, -0.15) is 0 Å². The molecule has 0 spiro atoms. The molecule has 5 nitrogen and oxygen atoms in total. The van der Waals surface area contributed by atoms with Crippen LogP contribution in [0.5, 0.6) is 0 Å². The number of hydrogen-bond acceptors (Lipinski definition) is 3. The van der Waals surface area contributed by atoms with Gasteiger partial charge in [-0.25, -0.2) is 9.97 Å². The lowest BCUT2D eigenvalue weighted by Crippen LogP contribution is -2.09. The first kappa shape index (κ1) is 12.8. The molecule has 4 rings (SSSR count). The van der Waals surface area contributed by atoms with Crippen molar-refractivity contribution in [3.63, 3.8) is 0 Å².